The van der Waals surface area contributed by atoms with Crippen LogP contribution in [0.3, 0.4) is 0 Å². The normalized spacial score (nSPS) is 16.0. The highest BCUT2D eigenvalue weighted by Crippen LogP contribution is 2.19. The molecule has 0 radical (unpaired) electrons. The first-order valence-corrected chi connectivity index (χ1v) is 8.90. The summed E-state index contributed by atoms with van der Waals surface area (Å²) in [6, 6.07) is 14.1. The van der Waals surface area contributed by atoms with Gasteiger partial charge in [0, 0.05) is 7.05 Å². The van der Waals surface area contributed by atoms with Crippen LogP contribution in [0.4, 0.5) is 0 Å². The van der Waals surface area contributed by atoms with Gasteiger partial charge in [0.1, 0.15) is 11.5 Å². The van der Waals surface area contributed by atoms with Crippen molar-refractivity contribution in [2.75, 3.05) is 7.05 Å². The molecule has 0 fully saturated rings. The molecule has 0 N–H and O–H groups in total. The zero-order valence-corrected chi connectivity index (χ0v) is 14.8. The van der Waals surface area contributed by atoms with Gasteiger partial charge in [-0.15, -0.1) is 0 Å². The highest BCUT2D eigenvalue weighted by atomic mass is 32.2. The van der Waals surface area contributed by atoms with E-state index in [1.54, 1.807) is 43.4 Å². The van der Waals surface area contributed by atoms with Crippen LogP contribution in [0.2, 0.25) is 0 Å². The number of nitrogens with zero attached hydrogens (tertiary/aromatic N) is 3. The zero-order chi connectivity index (χ0) is 18.0. The summed E-state index contributed by atoms with van der Waals surface area (Å²) in [7, 11) is -2.52. The van der Waals surface area contributed by atoms with E-state index < -0.39 is 10.2 Å². The summed E-state index contributed by atoms with van der Waals surface area (Å²) >= 11 is 0. The minimum Gasteiger partial charge on any atom is -0.425 e. The molecule has 2 aromatic carbocycles. The Morgan fingerprint density at radius 2 is 1.28 bits per heavy atom. The number of aryl methyl sites for hydroxylation is 2. The van der Waals surface area contributed by atoms with Crippen molar-refractivity contribution in [3.63, 3.8) is 0 Å². The highest BCUT2D eigenvalue weighted by molar-refractivity contribution is 7.89. The van der Waals surface area contributed by atoms with Gasteiger partial charge >= 0.3 is 22.3 Å². The quantitative estimate of drug-likeness (QED) is 0.823. The fourth-order valence-corrected chi connectivity index (χ4v) is 2.92. The van der Waals surface area contributed by atoms with Crippen LogP contribution in [0.1, 0.15) is 11.1 Å². The first-order valence-electron chi connectivity index (χ1n) is 7.50. The smallest absolute Gasteiger partial charge is 0.372 e. The van der Waals surface area contributed by atoms with Gasteiger partial charge in [-0.1, -0.05) is 33.1 Å². The molecule has 0 amide bonds. The lowest BCUT2D eigenvalue weighted by atomic mass is 10.2. The van der Waals surface area contributed by atoms with Crippen molar-refractivity contribution in [1.82, 2.24) is 4.90 Å². The van der Waals surface area contributed by atoms with E-state index in [-0.39, 0.29) is 12.0 Å². The van der Waals surface area contributed by atoms with Gasteiger partial charge in [-0.25, -0.2) is 0 Å². The summed E-state index contributed by atoms with van der Waals surface area (Å²) in [5, 5.41) is 0. The number of ether oxygens (including phenoxy) is 2. The second-order valence-electron chi connectivity index (χ2n) is 5.59. The molecule has 130 valence electrons. The van der Waals surface area contributed by atoms with Gasteiger partial charge in [0.2, 0.25) is 0 Å². The molecule has 1 aliphatic rings. The van der Waals surface area contributed by atoms with Crippen LogP contribution in [0, 0.1) is 13.8 Å². The molecule has 0 aromatic heterocycles. The maximum atomic E-state index is 12.0. The van der Waals surface area contributed by atoms with E-state index >= 15 is 0 Å². The molecule has 0 bridgehead atoms. The molecule has 2 aromatic rings. The molecule has 1 heterocycles. The van der Waals surface area contributed by atoms with Gasteiger partial charge in [-0.05, 0) is 49.2 Å². The van der Waals surface area contributed by atoms with Crippen molar-refractivity contribution < 1.29 is 17.9 Å². The van der Waals surface area contributed by atoms with Crippen molar-refractivity contribution in [3.8, 4) is 11.5 Å². The van der Waals surface area contributed by atoms with Crippen LogP contribution in [0.25, 0.3) is 0 Å². The standard InChI is InChI=1S/C17H17N3O4S/c1-12-6-4-8-14(10-12)23-16-18-25(21,22)19-17(20(16)3)24-15-9-5-7-13(2)11-15/h4-11H,1-3H3. The van der Waals surface area contributed by atoms with E-state index in [0.29, 0.717) is 11.5 Å². The molecule has 8 heteroatoms. The molecule has 25 heavy (non-hydrogen) atoms. The molecule has 0 unspecified atom stereocenters. The van der Waals surface area contributed by atoms with Crippen molar-refractivity contribution in [3.05, 3.63) is 59.7 Å². The van der Waals surface area contributed by atoms with Crippen molar-refractivity contribution >= 4 is 22.3 Å². The largest absolute Gasteiger partial charge is 0.425 e. The van der Waals surface area contributed by atoms with Crippen LogP contribution in [-0.2, 0) is 10.2 Å². The fraction of sp³-hybridized carbons (Fsp3) is 0.176. The zero-order valence-electron chi connectivity index (χ0n) is 14.0. The van der Waals surface area contributed by atoms with Crippen LogP contribution in [0.5, 0.6) is 11.5 Å². The number of rotatable bonds is 2. The Bertz CT molecular complexity index is 896. The minimum absolute atomic E-state index is 0.136. The third-order valence-corrected chi connectivity index (χ3v) is 4.13. The van der Waals surface area contributed by atoms with Gasteiger partial charge < -0.3 is 9.47 Å². The lowest BCUT2D eigenvalue weighted by Crippen LogP contribution is -2.43. The van der Waals surface area contributed by atoms with E-state index in [1.165, 1.54) is 4.90 Å². The van der Waals surface area contributed by atoms with Gasteiger partial charge in [0.05, 0.1) is 0 Å². The van der Waals surface area contributed by atoms with Gasteiger partial charge in [-0.2, -0.15) is 8.42 Å². The highest BCUT2D eigenvalue weighted by Gasteiger charge is 2.28. The summed E-state index contributed by atoms with van der Waals surface area (Å²) in [6.45, 7) is 3.81. The molecule has 3 rings (SSSR count). The summed E-state index contributed by atoms with van der Waals surface area (Å²) in [5.74, 6) is 0.940. The molecular weight excluding hydrogens is 342 g/mol. The van der Waals surface area contributed by atoms with E-state index in [2.05, 4.69) is 8.80 Å². The molecular formula is C17H17N3O4S. The number of benzene rings is 2. The van der Waals surface area contributed by atoms with Crippen molar-refractivity contribution in [2.45, 2.75) is 13.8 Å². The Morgan fingerprint density at radius 1 is 0.840 bits per heavy atom. The monoisotopic (exact) mass is 359 g/mol. The predicted octanol–water partition coefficient (Wildman–Crippen LogP) is 2.66. The molecule has 0 spiro atoms. The third-order valence-electron chi connectivity index (χ3n) is 3.36. The Balaban J connectivity index is 1.88. The average Bonchev–Trinajstić information content (AvgIpc) is 2.51. The van der Waals surface area contributed by atoms with Crippen molar-refractivity contribution in [1.29, 1.82) is 0 Å². The average molecular weight is 359 g/mol. The maximum Gasteiger partial charge on any atom is 0.372 e. The fourth-order valence-electron chi connectivity index (χ4n) is 2.16. The van der Waals surface area contributed by atoms with Crippen LogP contribution in [-0.4, -0.2) is 32.4 Å². The summed E-state index contributed by atoms with van der Waals surface area (Å²) in [4.78, 5) is 1.34. The van der Waals surface area contributed by atoms with Crippen molar-refractivity contribution in [2.24, 2.45) is 8.80 Å². The first-order chi connectivity index (χ1) is 11.8. The van der Waals surface area contributed by atoms with Gasteiger partial charge in [-0.3, -0.25) is 4.90 Å². The summed E-state index contributed by atoms with van der Waals surface area (Å²) in [5.41, 5.74) is 1.95. The van der Waals surface area contributed by atoms with Crippen LogP contribution >= 0.6 is 0 Å². The van der Waals surface area contributed by atoms with Crippen LogP contribution in [0.15, 0.2) is 57.3 Å². The third kappa shape index (κ3) is 4.16. The van der Waals surface area contributed by atoms with Gasteiger partial charge in [0.25, 0.3) is 0 Å². The molecule has 0 saturated heterocycles. The second-order valence-corrected chi connectivity index (χ2v) is 6.85. The van der Waals surface area contributed by atoms with E-state index in [4.69, 9.17) is 9.47 Å². The van der Waals surface area contributed by atoms with Gasteiger partial charge in [0.15, 0.2) is 0 Å². The predicted molar refractivity (Wildman–Crippen MR) is 95.2 cm³/mol. The molecule has 0 atom stereocenters. The Labute approximate surface area is 146 Å². The molecule has 0 aliphatic carbocycles. The van der Waals surface area contributed by atoms with E-state index in [9.17, 15) is 8.42 Å². The first kappa shape index (κ1) is 17.0. The summed E-state index contributed by atoms with van der Waals surface area (Å²) in [6.07, 6.45) is 0. The maximum absolute atomic E-state index is 12.0. The SMILES string of the molecule is Cc1cccc(OC2=NS(=O)(=O)N=C(Oc3cccc(C)c3)N2C)c1. The number of amidine groups is 2. The number of hydrogen-bond acceptors (Lipinski definition) is 5. The molecule has 0 saturated carbocycles. The Morgan fingerprint density at radius 3 is 1.68 bits per heavy atom. The lowest BCUT2D eigenvalue weighted by molar-refractivity contribution is 0.408. The Hall–Kier alpha value is -2.87. The van der Waals surface area contributed by atoms with E-state index in [0.717, 1.165) is 11.1 Å². The Kier molecular flexibility index (Phi) is 4.45. The topological polar surface area (TPSA) is 80.6 Å². The molecule has 7 nitrogen and oxygen atoms in total. The number of hydrogen-bond donors (Lipinski definition) is 0. The molecule has 1 aliphatic heterocycles. The lowest BCUT2D eigenvalue weighted by Gasteiger charge is -2.24. The second kappa shape index (κ2) is 6.56. The minimum atomic E-state index is -4.09. The van der Waals surface area contributed by atoms with E-state index in [1.807, 2.05) is 26.0 Å². The van der Waals surface area contributed by atoms with Crippen LogP contribution < -0.4 is 9.47 Å². The summed E-state index contributed by atoms with van der Waals surface area (Å²) < 4.78 is 42.3.